The van der Waals surface area contributed by atoms with Crippen LogP contribution in [0.15, 0.2) is 90.1 Å². The minimum absolute atomic E-state index is 0.107. The van der Waals surface area contributed by atoms with Gasteiger partial charge in [-0.15, -0.1) is 0 Å². The van der Waals surface area contributed by atoms with Crippen molar-refractivity contribution >= 4 is 44.1 Å². The van der Waals surface area contributed by atoms with Crippen LogP contribution in [-0.4, -0.2) is 41.7 Å². The molecule has 204 valence electrons. The van der Waals surface area contributed by atoms with E-state index in [2.05, 4.69) is 51.0 Å². The second-order valence-electron chi connectivity index (χ2n) is 9.98. The van der Waals surface area contributed by atoms with E-state index < -0.39 is 9.84 Å². The third kappa shape index (κ3) is 5.93. The maximum Gasteiger partial charge on any atom is 0.199 e. The first-order valence-electron chi connectivity index (χ1n) is 13.1. The second-order valence-corrected chi connectivity index (χ2v) is 12.2. The van der Waals surface area contributed by atoms with Crippen LogP contribution in [0.1, 0.15) is 22.3 Å². The number of hydrogen-bond donors (Lipinski definition) is 2. The first-order valence-corrected chi connectivity index (χ1v) is 15.1. The van der Waals surface area contributed by atoms with Crippen LogP contribution in [0.3, 0.4) is 0 Å². The van der Waals surface area contributed by atoms with Crippen LogP contribution in [-0.2, 0) is 29.5 Å². The molecule has 1 aliphatic rings. The number of pyridine rings is 1. The molecule has 3 aromatic heterocycles. The van der Waals surface area contributed by atoms with Gasteiger partial charge in [0.25, 0.3) is 0 Å². The molecule has 0 radical (unpaired) electrons. The second kappa shape index (κ2) is 11.0. The van der Waals surface area contributed by atoms with Crippen LogP contribution < -0.4 is 15.5 Å². The van der Waals surface area contributed by atoms with E-state index in [1.54, 1.807) is 6.26 Å². The summed E-state index contributed by atoms with van der Waals surface area (Å²) < 4.78 is 30.5. The number of furan rings is 1. The number of fused-ring (bicyclic) bond motifs is 2. The van der Waals surface area contributed by atoms with Crippen molar-refractivity contribution in [3.05, 3.63) is 108 Å². The molecular formula is C30H30N6O3S. The predicted octanol–water partition coefficient (Wildman–Crippen LogP) is 4.94. The van der Waals surface area contributed by atoms with Crippen molar-refractivity contribution in [2.45, 2.75) is 19.6 Å². The van der Waals surface area contributed by atoms with Gasteiger partial charge in [-0.05, 0) is 29.8 Å². The lowest BCUT2D eigenvalue weighted by molar-refractivity contribution is 0.554. The largest absolute Gasteiger partial charge is 0.448 e. The summed E-state index contributed by atoms with van der Waals surface area (Å²) in [4.78, 5) is 6.49. The molecular weight excluding hydrogens is 524 g/mol. The highest BCUT2D eigenvalue weighted by atomic mass is 32.2. The van der Waals surface area contributed by atoms with Crippen molar-refractivity contribution in [3.8, 4) is 0 Å². The Labute approximate surface area is 233 Å². The molecule has 4 heterocycles. The van der Waals surface area contributed by atoms with Crippen LogP contribution in [0.2, 0.25) is 0 Å². The van der Waals surface area contributed by atoms with Gasteiger partial charge in [-0.25, -0.2) is 8.42 Å². The van der Waals surface area contributed by atoms with Crippen LogP contribution in [0.4, 0.5) is 17.3 Å². The lowest BCUT2D eigenvalue weighted by atomic mass is 10.0. The molecule has 0 saturated heterocycles. The summed E-state index contributed by atoms with van der Waals surface area (Å²) in [6, 6.07) is 18.6. The number of nitrogens with one attached hydrogen (secondary N) is 2. The van der Waals surface area contributed by atoms with Crippen molar-refractivity contribution in [3.63, 3.8) is 0 Å². The van der Waals surface area contributed by atoms with Crippen molar-refractivity contribution in [2.24, 2.45) is 0 Å². The van der Waals surface area contributed by atoms with E-state index >= 15 is 0 Å². The topological polar surface area (TPSA) is 105 Å². The zero-order valence-electron chi connectivity index (χ0n) is 22.1. The van der Waals surface area contributed by atoms with Gasteiger partial charge in [0.1, 0.15) is 9.84 Å². The van der Waals surface area contributed by atoms with Crippen molar-refractivity contribution in [2.75, 3.05) is 28.8 Å². The van der Waals surface area contributed by atoms with E-state index in [0.29, 0.717) is 19.6 Å². The number of benzene rings is 2. The number of aromatic nitrogens is 3. The van der Waals surface area contributed by atoms with Gasteiger partial charge >= 0.3 is 0 Å². The van der Waals surface area contributed by atoms with Crippen LogP contribution >= 0.6 is 0 Å². The molecule has 1 aliphatic heterocycles. The Hall–Kier alpha value is -4.41. The van der Waals surface area contributed by atoms with E-state index in [1.165, 1.54) is 11.8 Å². The highest BCUT2D eigenvalue weighted by Gasteiger charge is 2.19. The van der Waals surface area contributed by atoms with Gasteiger partial charge in [0.05, 0.1) is 48.7 Å². The Kier molecular flexibility index (Phi) is 7.10. The zero-order chi connectivity index (χ0) is 27.5. The van der Waals surface area contributed by atoms with Crippen LogP contribution in [0, 0.1) is 0 Å². The molecule has 40 heavy (non-hydrogen) atoms. The van der Waals surface area contributed by atoms with E-state index in [9.17, 15) is 8.42 Å². The third-order valence-corrected chi connectivity index (χ3v) is 7.80. The van der Waals surface area contributed by atoms with Gasteiger partial charge in [0.2, 0.25) is 0 Å². The Morgan fingerprint density at radius 3 is 2.75 bits per heavy atom. The summed E-state index contributed by atoms with van der Waals surface area (Å²) in [7, 11) is -2.99. The van der Waals surface area contributed by atoms with E-state index in [1.807, 2.05) is 64.7 Å². The average Bonchev–Trinajstić information content (AvgIpc) is 3.58. The van der Waals surface area contributed by atoms with E-state index in [4.69, 9.17) is 4.42 Å². The Balaban J connectivity index is 1.15. The van der Waals surface area contributed by atoms with E-state index in [0.717, 1.165) is 51.4 Å². The third-order valence-electron chi connectivity index (χ3n) is 6.85. The standard InChI is InChI=1S/C30H30N6O3S/c1-40(37,38)12-10-31-15-23-13-30(39-21-23)35-11-9-24-16-32-18-28(27(24)20-35)34-26-7-8-29-25(14-26)17-33-36(29)19-22-5-3-2-4-6-22/h2-9,11,13-14,16-18,21,31,34H,10,12,15,19-20H2,1H3. The Morgan fingerprint density at radius 2 is 1.90 bits per heavy atom. The zero-order valence-corrected chi connectivity index (χ0v) is 22.9. The molecule has 2 aromatic carbocycles. The van der Waals surface area contributed by atoms with Gasteiger partial charge in [-0.3, -0.25) is 9.67 Å². The predicted molar refractivity (Wildman–Crippen MR) is 158 cm³/mol. The number of hydrogen-bond acceptors (Lipinski definition) is 8. The van der Waals surface area contributed by atoms with Crippen molar-refractivity contribution < 1.29 is 12.8 Å². The molecule has 0 amide bonds. The van der Waals surface area contributed by atoms with Gasteiger partial charge in [-0.2, -0.15) is 5.10 Å². The summed E-state index contributed by atoms with van der Waals surface area (Å²) in [6.45, 7) is 2.27. The summed E-state index contributed by atoms with van der Waals surface area (Å²) in [5, 5.41) is 12.4. The molecule has 0 fully saturated rings. The fraction of sp³-hybridized carbons (Fsp3) is 0.200. The summed E-state index contributed by atoms with van der Waals surface area (Å²) in [5.41, 5.74) is 7.30. The van der Waals surface area contributed by atoms with Gasteiger partial charge < -0.3 is 20.0 Å². The molecule has 0 spiro atoms. The quantitative estimate of drug-likeness (QED) is 0.234. The SMILES string of the molecule is CS(=O)(=O)CCNCc1coc(N2C=Cc3cncc(Nc4ccc5c(cnn5Cc5ccccc5)c4)c3C2)c1. The van der Waals surface area contributed by atoms with Crippen LogP contribution in [0.5, 0.6) is 0 Å². The first-order chi connectivity index (χ1) is 19.4. The molecule has 9 nitrogen and oxygen atoms in total. The smallest absolute Gasteiger partial charge is 0.199 e. The molecule has 0 saturated carbocycles. The lowest BCUT2D eigenvalue weighted by Crippen LogP contribution is -2.22. The normalized spacial score (nSPS) is 13.1. The maximum atomic E-state index is 11.3. The van der Waals surface area contributed by atoms with E-state index in [-0.39, 0.29) is 5.75 Å². The van der Waals surface area contributed by atoms with Gasteiger partial charge in [0.15, 0.2) is 5.88 Å². The number of anilines is 3. The van der Waals surface area contributed by atoms with Gasteiger partial charge in [0, 0.05) is 65.6 Å². The van der Waals surface area contributed by atoms with Gasteiger partial charge in [-0.1, -0.05) is 30.3 Å². The number of nitrogens with zero attached hydrogens (tertiary/aromatic N) is 4. The summed E-state index contributed by atoms with van der Waals surface area (Å²) in [6.07, 6.45) is 12.6. The van der Waals surface area contributed by atoms with Crippen molar-refractivity contribution in [1.82, 2.24) is 20.1 Å². The molecule has 0 bridgehead atoms. The fourth-order valence-electron chi connectivity index (χ4n) is 4.77. The monoisotopic (exact) mass is 554 g/mol. The minimum Gasteiger partial charge on any atom is -0.448 e. The molecule has 10 heteroatoms. The average molecular weight is 555 g/mol. The number of sulfone groups is 1. The lowest BCUT2D eigenvalue weighted by Gasteiger charge is -2.25. The fourth-order valence-corrected chi connectivity index (χ4v) is 5.29. The van der Waals surface area contributed by atoms with Crippen LogP contribution in [0.25, 0.3) is 17.0 Å². The molecule has 0 atom stereocenters. The Morgan fingerprint density at radius 1 is 1.02 bits per heavy atom. The molecule has 5 aromatic rings. The summed E-state index contributed by atoms with van der Waals surface area (Å²) in [5.74, 6) is 0.827. The highest BCUT2D eigenvalue weighted by Crippen LogP contribution is 2.32. The minimum atomic E-state index is -2.99. The molecule has 0 aliphatic carbocycles. The molecule has 2 N–H and O–H groups in total. The first kappa shape index (κ1) is 25.8. The molecule has 0 unspecified atom stereocenters. The maximum absolute atomic E-state index is 11.3. The summed E-state index contributed by atoms with van der Waals surface area (Å²) >= 11 is 0. The highest BCUT2D eigenvalue weighted by molar-refractivity contribution is 7.90. The number of rotatable bonds is 10. The Bertz CT molecular complexity index is 1780. The van der Waals surface area contributed by atoms with Crippen molar-refractivity contribution in [1.29, 1.82) is 0 Å². The molecule has 6 rings (SSSR count).